The minimum absolute atomic E-state index is 0.0642. The summed E-state index contributed by atoms with van der Waals surface area (Å²) >= 11 is 1.44. The molecule has 4 nitrogen and oxygen atoms in total. The fourth-order valence-electron chi connectivity index (χ4n) is 3.62. The van der Waals surface area contributed by atoms with Crippen LogP contribution in [-0.4, -0.2) is 15.5 Å². The molecule has 5 heteroatoms. The van der Waals surface area contributed by atoms with Gasteiger partial charge in [0.2, 0.25) is 0 Å². The maximum atomic E-state index is 12.6. The van der Waals surface area contributed by atoms with Gasteiger partial charge in [0.05, 0.1) is 22.0 Å². The molecule has 0 aliphatic carbocycles. The summed E-state index contributed by atoms with van der Waals surface area (Å²) in [4.78, 5) is 18.1. The summed E-state index contributed by atoms with van der Waals surface area (Å²) < 4.78 is 2.21. The van der Waals surface area contributed by atoms with Gasteiger partial charge >= 0.3 is 0 Å². The van der Waals surface area contributed by atoms with E-state index in [1.54, 1.807) is 0 Å². The van der Waals surface area contributed by atoms with Crippen molar-refractivity contribution in [3.8, 4) is 0 Å². The molecule has 0 bridgehead atoms. The van der Waals surface area contributed by atoms with E-state index >= 15 is 0 Å². The third kappa shape index (κ3) is 4.17. The molecule has 0 spiro atoms. The molecule has 2 aromatic heterocycles. The molecule has 1 N–H and O–H groups in total. The van der Waals surface area contributed by atoms with Gasteiger partial charge in [-0.25, -0.2) is 4.98 Å². The molecule has 2 heterocycles. The summed E-state index contributed by atoms with van der Waals surface area (Å²) in [5.74, 6) is 0.798. The van der Waals surface area contributed by atoms with Crippen LogP contribution in [0.25, 0.3) is 11.0 Å². The second-order valence-electron chi connectivity index (χ2n) is 8.66. The Kier molecular flexibility index (Phi) is 5.48. The highest BCUT2D eigenvalue weighted by atomic mass is 32.1. The number of rotatable bonds is 5. The molecule has 0 radical (unpaired) electrons. The zero-order valence-electron chi connectivity index (χ0n) is 17.8. The fourth-order valence-corrected chi connectivity index (χ4v) is 4.25. The van der Waals surface area contributed by atoms with Crippen molar-refractivity contribution in [3.63, 3.8) is 0 Å². The van der Waals surface area contributed by atoms with Crippen molar-refractivity contribution in [1.82, 2.24) is 14.9 Å². The maximum Gasteiger partial charge on any atom is 0.261 e. The molecule has 0 aliphatic rings. The maximum absolute atomic E-state index is 12.6. The first-order valence-electron chi connectivity index (χ1n) is 10.2. The Morgan fingerprint density at radius 3 is 2.47 bits per heavy atom. The van der Waals surface area contributed by atoms with Crippen molar-refractivity contribution in [2.75, 3.05) is 0 Å². The van der Waals surface area contributed by atoms with Gasteiger partial charge < -0.3 is 9.88 Å². The number of fused-ring (bicyclic) bond motifs is 1. The van der Waals surface area contributed by atoms with Crippen LogP contribution >= 0.6 is 11.3 Å². The number of nitrogens with zero attached hydrogens (tertiary/aromatic N) is 2. The molecular formula is C25H27N3OS. The van der Waals surface area contributed by atoms with Crippen LogP contribution in [0.3, 0.4) is 0 Å². The van der Waals surface area contributed by atoms with E-state index in [1.807, 2.05) is 42.6 Å². The molecule has 1 unspecified atom stereocenters. The number of benzene rings is 2. The lowest BCUT2D eigenvalue weighted by atomic mass is 9.87. The Morgan fingerprint density at radius 1 is 1.07 bits per heavy atom. The number of nitrogens with one attached hydrogen (secondary N) is 1. The molecule has 1 amide bonds. The Balaban J connectivity index is 1.66. The van der Waals surface area contributed by atoms with Crippen molar-refractivity contribution in [2.45, 2.75) is 45.7 Å². The van der Waals surface area contributed by atoms with E-state index in [9.17, 15) is 4.79 Å². The van der Waals surface area contributed by atoms with Gasteiger partial charge in [0, 0.05) is 6.54 Å². The lowest BCUT2D eigenvalue weighted by Crippen LogP contribution is -2.28. The van der Waals surface area contributed by atoms with E-state index in [1.165, 1.54) is 22.5 Å². The van der Waals surface area contributed by atoms with Crippen LogP contribution in [0.1, 0.15) is 60.4 Å². The number of hydrogen-bond acceptors (Lipinski definition) is 3. The highest BCUT2D eigenvalue weighted by molar-refractivity contribution is 7.12. The van der Waals surface area contributed by atoms with Crippen molar-refractivity contribution >= 4 is 28.3 Å². The first-order chi connectivity index (χ1) is 14.3. The largest absolute Gasteiger partial charge is 0.342 e. The molecule has 0 saturated heterocycles. The summed E-state index contributed by atoms with van der Waals surface area (Å²) in [7, 11) is 0. The molecule has 0 aliphatic heterocycles. The first-order valence-corrected chi connectivity index (χ1v) is 11.1. The number of hydrogen-bond donors (Lipinski definition) is 1. The van der Waals surface area contributed by atoms with Gasteiger partial charge in [-0.05, 0) is 47.0 Å². The van der Waals surface area contributed by atoms with Crippen molar-refractivity contribution in [1.29, 1.82) is 0 Å². The first kappa shape index (κ1) is 20.4. The van der Waals surface area contributed by atoms with Gasteiger partial charge in [0.25, 0.3) is 5.91 Å². The quantitative estimate of drug-likeness (QED) is 0.437. The summed E-state index contributed by atoms with van der Waals surface area (Å²) in [5.41, 5.74) is 4.68. The highest BCUT2D eigenvalue weighted by Crippen LogP contribution is 2.25. The molecule has 30 heavy (non-hydrogen) atoms. The number of thiophene rings is 1. The van der Waals surface area contributed by atoms with Gasteiger partial charge in [-0.2, -0.15) is 0 Å². The number of carbonyl (C=O) groups is 1. The molecule has 0 saturated carbocycles. The number of carbonyl (C=O) groups excluding carboxylic acids is 1. The minimum Gasteiger partial charge on any atom is -0.342 e. The SMILES string of the molecule is CC(NC(=O)c1cccs1)c1nc2ccccc2n1Cc1ccc(C(C)(C)C)cc1. The summed E-state index contributed by atoms with van der Waals surface area (Å²) in [6, 6.07) is 20.4. The number of amides is 1. The Hall–Kier alpha value is -2.92. The highest BCUT2D eigenvalue weighted by Gasteiger charge is 2.20. The van der Waals surface area contributed by atoms with Crippen molar-refractivity contribution in [2.24, 2.45) is 0 Å². The molecule has 0 fully saturated rings. The third-order valence-electron chi connectivity index (χ3n) is 5.32. The second kappa shape index (κ2) is 8.07. The number of aromatic nitrogens is 2. The van der Waals surface area contributed by atoms with Gasteiger partial charge in [0.15, 0.2) is 0 Å². The third-order valence-corrected chi connectivity index (χ3v) is 6.19. The molecule has 154 valence electrons. The van der Waals surface area contributed by atoms with Crippen LogP contribution in [0.5, 0.6) is 0 Å². The fraction of sp³-hybridized carbons (Fsp3) is 0.280. The van der Waals surface area contributed by atoms with Gasteiger partial charge in [-0.3, -0.25) is 4.79 Å². The Labute approximate surface area is 181 Å². The molecule has 2 aromatic carbocycles. The molecule has 4 aromatic rings. The van der Waals surface area contributed by atoms with E-state index < -0.39 is 0 Å². The Morgan fingerprint density at radius 2 is 1.80 bits per heavy atom. The topological polar surface area (TPSA) is 46.9 Å². The molecule has 1 atom stereocenters. The zero-order chi connectivity index (χ0) is 21.3. The van der Waals surface area contributed by atoms with E-state index in [0.717, 1.165) is 16.9 Å². The van der Waals surface area contributed by atoms with E-state index in [-0.39, 0.29) is 17.4 Å². The lowest BCUT2D eigenvalue weighted by molar-refractivity contribution is 0.0942. The lowest BCUT2D eigenvalue weighted by Gasteiger charge is -2.20. The van der Waals surface area contributed by atoms with Crippen LogP contribution in [-0.2, 0) is 12.0 Å². The predicted octanol–water partition coefficient (Wildman–Crippen LogP) is 5.93. The zero-order valence-corrected chi connectivity index (χ0v) is 18.7. The van der Waals surface area contributed by atoms with Crippen molar-refractivity contribution < 1.29 is 4.79 Å². The summed E-state index contributed by atoms with van der Waals surface area (Å²) in [6.45, 7) is 9.37. The van der Waals surface area contributed by atoms with Gasteiger partial charge in [0.1, 0.15) is 5.82 Å². The average Bonchev–Trinajstić information content (AvgIpc) is 3.36. The average molecular weight is 418 g/mol. The smallest absolute Gasteiger partial charge is 0.261 e. The number of imidazole rings is 1. The molecular weight excluding hydrogens is 390 g/mol. The van der Waals surface area contributed by atoms with Crippen LogP contribution in [0.15, 0.2) is 66.0 Å². The van der Waals surface area contributed by atoms with E-state index in [0.29, 0.717) is 11.4 Å². The van der Waals surface area contributed by atoms with Crippen molar-refractivity contribution in [3.05, 3.63) is 87.9 Å². The van der Waals surface area contributed by atoms with Crippen LogP contribution in [0.2, 0.25) is 0 Å². The van der Waals surface area contributed by atoms with Gasteiger partial charge in [-0.1, -0.05) is 63.2 Å². The van der Waals surface area contributed by atoms with Crippen LogP contribution < -0.4 is 5.32 Å². The Bertz CT molecular complexity index is 1150. The van der Waals surface area contributed by atoms with E-state index in [2.05, 4.69) is 61.0 Å². The standard InChI is InChI=1S/C25H27N3OS/c1-17(26-24(29)22-10-7-15-30-22)23-27-20-8-5-6-9-21(20)28(23)16-18-11-13-19(14-12-18)25(2,3)4/h5-15,17H,16H2,1-4H3,(H,26,29). The van der Waals surface area contributed by atoms with Gasteiger partial charge in [-0.15, -0.1) is 11.3 Å². The minimum atomic E-state index is -0.208. The second-order valence-corrected chi connectivity index (χ2v) is 9.61. The molecule has 4 rings (SSSR count). The van der Waals surface area contributed by atoms with Crippen LogP contribution in [0.4, 0.5) is 0 Å². The monoisotopic (exact) mass is 417 g/mol. The summed E-state index contributed by atoms with van der Waals surface area (Å²) in [6.07, 6.45) is 0. The number of para-hydroxylation sites is 2. The normalized spacial score (nSPS) is 12.8. The van der Waals surface area contributed by atoms with Crippen LogP contribution in [0, 0.1) is 0 Å². The summed E-state index contributed by atoms with van der Waals surface area (Å²) in [5, 5.41) is 5.02. The predicted molar refractivity (Wildman–Crippen MR) is 124 cm³/mol. The van der Waals surface area contributed by atoms with E-state index in [4.69, 9.17) is 4.98 Å².